The van der Waals surface area contributed by atoms with Gasteiger partial charge in [0.25, 0.3) is 0 Å². The van der Waals surface area contributed by atoms with Crippen LogP contribution in [0, 0.1) is 0 Å². The van der Waals surface area contributed by atoms with Gasteiger partial charge in [-0.25, -0.2) is 9.13 Å². The fourth-order valence-corrected chi connectivity index (χ4v) is 2.26. The number of unbranched alkanes of at least 4 members (excludes halogenated alkanes) is 1. The summed E-state index contributed by atoms with van der Waals surface area (Å²) in [6.45, 7) is 1.78. The van der Waals surface area contributed by atoms with E-state index >= 15 is 0 Å². The molecule has 2 heterocycles. The lowest BCUT2D eigenvalue weighted by Crippen LogP contribution is -3.00. The van der Waals surface area contributed by atoms with Crippen LogP contribution in [-0.2, 0) is 13.1 Å². The summed E-state index contributed by atoms with van der Waals surface area (Å²) in [5, 5.41) is 23.2. The molecule has 0 spiro atoms. The van der Waals surface area contributed by atoms with Crippen molar-refractivity contribution in [2.24, 2.45) is 21.8 Å². The SMILES string of the molecule is N/C(=N\O)c1cc[n+](CCCC[n+]2ccc(/C(N)=N/O)cc2)cc1.[I-].[I-]. The minimum Gasteiger partial charge on any atom is -1.00 e. The zero-order valence-corrected chi connectivity index (χ0v) is 18.4. The quantitative estimate of drug-likeness (QED) is 0.0493. The van der Waals surface area contributed by atoms with E-state index in [-0.39, 0.29) is 59.6 Å². The summed E-state index contributed by atoms with van der Waals surface area (Å²) < 4.78 is 4.11. The van der Waals surface area contributed by atoms with Gasteiger partial charge in [-0.15, -0.1) is 0 Å². The van der Waals surface area contributed by atoms with Crippen LogP contribution in [-0.4, -0.2) is 22.1 Å². The van der Waals surface area contributed by atoms with E-state index in [1.165, 1.54) is 0 Å². The molecule has 0 aliphatic heterocycles. The van der Waals surface area contributed by atoms with Gasteiger partial charge in [0.05, 0.1) is 0 Å². The number of hydrogen-bond donors (Lipinski definition) is 4. The predicted molar refractivity (Wildman–Crippen MR) is 87.5 cm³/mol. The Hall–Kier alpha value is -1.70. The summed E-state index contributed by atoms with van der Waals surface area (Å²) in [5.74, 6) is 0.211. The van der Waals surface area contributed by atoms with Crippen LogP contribution in [0.5, 0.6) is 0 Å². The highest BCUT2D eigenvalue weighted by atomic mass is 127. The Morgan fingerprint density at radius 1 is 0.731 bits per heavy atom. The van der Waals surface area contributed by atoms with Crippen LogP contribution in [0.2, 0.25) is 0 Å². The van der Waals surface area contributed by atoms with Crippen molar-refractivity contribution in [3.63, 3.8) is 0 Å². The fraction of sp³-hybridized carbons (Fsp3) is 0.250. The number of rotatable bonds is 7. The molecule has 26 heavy (non-hydrogen) atoms. The van der Waals surface area contributed by atoms with Crippen molar-refractivity contribution in [1.82, 2.24) is 0 Å². The first kappa shape index (κ1) is 24.3. The van der Waals surface area contributed by atoms with Crippen LogP contribution >= 0.6 is 0 Å². The molecule has 2 rings (SSSR count). The standard InChI is InChI=1S/C16H20N6O2.2HI/c17-15(19-23)13-3-9-21(10-4-13)7-1-2-8-22-11-5-14(6-12-22)16(18)20-24;;/h3-6,9-12H,1-2,7-8,17-18H2;2*1H. The van der Waals surface area contributed by atoms with Gasteiger partial charge in [0.2, 0.25) is 0 Å². The molecule has 0 saturated carbocycles. The van der Waals surface area contributed by atoms with Crippen molar-refractivity contribution in [2.45, 2.75) is 25.9 Å². The molecule has 142 valence electrons. The third-order valence-electron chi connectivity index (χ3n) is 3.67. The monoisotopic (exact) mass is 584 g/mol. The van der Waals surface area contributed by atoms with Crippen molar-refractivity contribution < 1.29 is 67.5 Å². The number of nitrogens with two attached hydrogens (primary N) is 2. The Kier molecular flexibility index (Phi) is 11.8. The molecule has 0 aliphatic rings. The Morgan fingerprint density at radius 2 is 1.04 bits per heavy atom. The molecule has 2 aromatic rings. The number of amidine groups is 2. The summed E-state index contributed by atoms with van der Waals surface area (Å²) in [5.41, 5.74) is 12.4. The van der Waals surface area contributed by atoms with Crippen LogP contribution < -0.4 is 68.6 Å². The zero-order chi connectivity index (χ0) is 17.4. The van der Waals surface area contributed by atoms with E-state index in [1.54, 1.807) is 0 Å². The van der Waals surface area contributed by atoms with Gasteiger partial charge in [-0.2, -0.15) is 0 Å². The van der Waals surface area contributed by atoms with Gasteiger partial charge < -0.3 is 69.8 Å². The second-order valence-electron chi connectivity index (χ2n) is 5.33. The highest BCUT2D eigenvalue weighted by molar-refractivity contribution is 5.97. The maximum atomic E-state index is 8.63. The Labute approximate surface area is 186 Å². The Balaban J connectivity index is 0.00000312. The summed E-state index contributed by atoms with van der Waals surface area (Å²) >= 11 is 0. The highest BCUT2D eigenvalue weighted by Crippen LogP contribution is 1.97. The van der Waals surface area contributed by atoms with Crippen molar-refractivity contribution in [2.75, 3.05) is 0 Å². The minimum atomic E-state index is 0. The number of halogens is 2. The number of pyridine rings is 2. The average Bonchev–Trinajstić information content (AvgIpc) is 2.65. The molecule has 6 N–H and O–H groups in total. The van der Waals surface area contributed by atoms with E-state index < -0.39 is 0 Å². The Bertz CT molecular complexity index is 657. The number of aryl methyl sites for hydroxylation is 2. The van der Waals surface area contributed by atoms with E-state index in [4.69, 9.17) is 21.9 Å². The van der Waals surface area contributed by atoms with E-state index in [2.05, 4.69) is 19.4 Å². The topological polar surface area (TPSA) is 125 Å². The molecule has 2 aromatic heterocycles. The van der Waals surface area contributed by atoms with Gasteiger partial charge in [0.1, 0.15) is 13.1 Å². The molecule has 0 aliphatic carbocycles. The first-order valence-electron chi connectivity index (χ1n) is 7.58. The summed E-state index contributed by atoms with van der Waals surface area (Å²) in [6.07, 6.45) is 9.67. The average molecular weight is 584 g/mol. The van der Waals surface area contributed by atoms with E-state index in [1.807, 2.05) is 49.1 Å². The third-order valence-corrected chi connectivity index (χ3v) is 3.67. The van der Waals surface area contributed by atoms with Gasteiger partial charge in [-0.05, 0) is 0 Å². The van der Waals surface area contributed by atoms with Gasteiger partial charge in [-0.1, -0.05) is 10.3 Å². The zero-order valence-electron chi connectivity index (χ0n) is 14.0. The summed E-state index contributed by atoms with van der Waals surface area (Å²) in [4.78, 5) is 0. The van der Waals surface area contributed by atoms with Gasteiger partial charge >= 0.3 is 0 Å². The first-order valence-corrected chi connectivity index (χ1v) is 7.58. The maximum Gasteiger partial charge on any atom is 0.170 e. The lowest BCUT2D eigenvalue weighted by atomic mass is 10.2. The largest absolute Gasteiger partial charge is 1.00 e. The molecule has 0 amide bonds. The van der Waals surface area contributed by atoms with E-state index in [0.717, 1.165) is 25.9 Å². The van der Waals surface area contributed by atoms with Crippen molar-refractivity contribution in [1.29, 1.82) is 0 Å². The molecule has 8 nitrogen and oxygen atoms in total. The summed E-state index contributed by atoms with van der Waals surface area (Å²) in [6, 6.07) is 7.26. The van der Waals surface area contributed by atoms with Crippen LogP contribution in [0.1, 0.15) is 24.0 Å². The van der Waals surface area contributed by atoms with E-state index in [9.17, 15) is 0 Å². The van der Waals surface area contributed by atoms with E-state index in [0.29, 0.717) is 11.1 Å². The van der Waals surface area contributed by atoms with Crippen molar-refractivity contribution >= 4 is 11.7 Å². The normalized spacial score (nSPS) is 11.4. The van der Waals surface area contributed by atoms with Gasteiger partial charge in [-0.3, -0.25) is 0 Å². The van der Waals surface area contributed by atoms with Crippen LogP contribution in [0.4, 0.5) is 0 Å². The predicted octanol–water partition coefficient (Wildman–Crippen LogP) is -6.06. The third kappa shape index (κ3) is 7.27. The number of aromatic nitrogens is 2. The minimum absolute atomic E-state index is 0. The molecule has 0 bridgehead atoms. The lowest BCUT2D eigenvalue weighted by Gasteiger charge is -2.00. The number of hydrogen-bond acceptors (Lipinski definition) is 4. The molecular weight excluding hydrogens is 562 g/mol. The second kappa shape index (κ2) is 12.6. The molecule has 0 aromatic carbocycles. The summed E-state index contributed by atoms with van der Waals surface area (Å²) in [7, 11) is 0. The smallest absolute Gasteiger partial charge is 0.170 e. The maximum absolute atomic E-state index is 8.63. The molecule has 0 radical (unpaired) electrons. The molecule has 10 heteroatoms. The molecule has 0 saturated heterocycles. The van der Waals surface area contributed by atoms with Crippen molar-refractivity contribution in [3.05, 3.63) is 60.2 Å². The number of oxime groups is 2. The van der Waals surface area contributed by atoms with Gasteiger partial charge in [0, 0.05) is 48.2 Å². The molecule has 0 atom stereocenters. The van der Waals surface area contributed by atoms with Crippen LogP contribution in [0.25, 0.3) is 0 Å². The molecule has 0 unspecified atom stereocenters. The highest BCUT2D eigenvalue weighted by Gasteiger charge is 2.07. The molecular formula is C16H22I2N6O2. The second-order valence-corrected chi connectivity index (χ2v) is 5.33. The van der Waals surface area contributed by atoms with Crippen LogP contribution in [0.15, 0.2) is 59.4 Å². The Morgan fingerprint density at radius 3 is 1.31 bits per heavy atom. The molecule has 0 fully saturated rings. The number of nitrogens with zero attached hydrogens (tertiary/aromatic N) is 4. The van der Waals surface area contributed by atoms with Crippen molar-refractivity contribution in [3.8, 4) is 0 Å². The first-order chi connectivity index (χ1) is 11.6. The lowest BCUT2D eigenvalue weighted by molar-refractivity contribution is -0.708. The van der Waals surface area contributed by atoms with Gasteiger partial charge in [0.15, 0.2) is 36.5 Å². The fourth-order valence-electron chi connectivity index (χ4n) is 2.26. The van der Waals surface area contributed by atoms with Crippen LogP contribution in [0.3, 0.4) is 0 Å².